The minimum absolute atomic E-state index is 0.0319. The standard InChI is InChI=1S/C9H12N6O2/c1-6(5-8(16)17)15-9(11-12-13-15)7-3-4-10-14(7)2/h3-4,6H,5H2,1-2H3,(H,16,17). The highest BCUT2D eigenvalue weighted by Crippen LogP contribution is 2.19. The molecule has 0 aliphatic carbocycles. The van der Waals surface area contributed by atoms with E-state index in [0.717, 1.165) is 5.69 Å². The lowest BCUT2D eigenvalue weighted by molar-refractivity contribution is -0.137. The average Bonchev–Trinajstić information content (AvgIpc) is 2.83. The summed E-state index contributed by atoms with van der Waals surface area (Å²) in [6, 6.07) is 1.46. The van der Waals surface area contributed by atoms with E-state index in [9.17, 15) is 4.79 Å². The third kappa shape index (κ3) is 2.14. The van der Waals surface area contributed by atoms with Gasteiger partial charge >= 0.3 is 5.97 Å². The summed E-state index contributed by atoms with van der Waals surface area (Å²) in [6.45, 7) is 1.75. The first-order chi connectivity index (χ1) is 8.09. The van der Waals surface area contributed by atoms with Crippen LogP contribution in [0.15, 0.2) is 12.3 Å². The van der Waals surface area contributed by atoms with Gasteiger partial charge in [0, 0.05) is 13.2 Å². The van der Waals surface area contributed by atoms with Crippen LogP contribution in [0.2, 0.25) is 0 Å². The van der Waals surface area contributed by atoms with Crippen LogP contribution >= 0.6 is 0 Å². The van der Waals surface area contributed by atoms with E-state index in [0.29, 0.717) is 5.82 Å². The number of carboxylic acids is 1. The Bertz CT molecular complexity index is 531. The summed E-state index contributed by atoms with van der Waals surface area (Å²) in [5, 5.41) is 24.1. The number of carbonyl (C=O) groups is 1. The lowest BCUT2D eigenvalue weighted by atomic mass is 10.2. The van der Waals surface area contributed by atoms with Crippen molar-refractivity contribution < 1.29 is 9.90 Å². The van der Waals surface area contributed by atoms with E-state index in [-0.39, 0.29) is 12.5 Å². The molecule has 1 unspecified atom stereocenters. The number of hydrogen-bond acceptors (Lipinski definition) is 5. The van der Waals surface area contributed by atoms with E-state index in [1.807, 2.05) is 0 Å². The third-order valence-corrected chi connectivity index (χ3v) is 2.43. The number of aryl methyl sites for hydroxylation is 1. The number of aliphatic carboxylic acids is 1. The molecule has 0 radical (unpaired) electrons. The number of hydrogen-bond donors (Lipinski definition) is 1. The smallest absolute Gasteiger partial charge is 0.305 e. The number of aromatic nitrogens is 6. The van der Waals surface area contributed by atoms with Gasteiger partial charge < -0.3 is 5.11 Å². The molecule has 0 aromatic carbocycles. The van der Waals surface area contributed by atoms with E-state index < -0.39 is 5.97 Å². The Hall–Kier alpha value is -2.25. The van der Waals surface area contributed by atoms with Crippen molar-refractivity contribution in [3.05, 3.63) is 12.3 Å². The second-order valence-corrected chi connectivity index (χ2v) is 3.73. The summed E-state index contributed by atoms with van der Waals surface area (Å²) in [5.41, 5.74) is 0.743. The highest BCUT2D eigenvalue weighted by atomic mass is 16.4. The molecule has 0 aliphatic heterocycles. The minimum Gasteiger partial charge on any atom is -0.481 e. The molecule has 2 rings (SSSR count). The predicted octanol–water partition coefficient (Wildman–Crippen LogP) is 0.109. The maximum atomic E-state index is 10.7. The van der Waals surface area contributed by atoms with Gasteiger partial charge in [0.05, 0.1) is 12.5 Å². The summed E-state index contributed by atoms with van der Waals surface area (Å²) in [5.74, 6) is -0.372. The first-order valence-electron chi connectivity index (χ1n) is 5.07. The van der Waals surface area contributed by atoms with Gasteiger partial charge in [-0.2, -0.15) is 5.10 Å². The molecule has 2 aromatic heterocycles. The van der Waals surface area contributed by atoms with Crippen LogP contribution in [0, 0.1) is 0 Å². The molecule has 8 heteroatoms. The molecule has 0 fully saturated rings. The van der Waals surface area contributed by atoms with Crippen LogP contribution in [0.3, 0.4) is 0 Å². The van der Waals surface area contributed by atoms with Crippen LogP contribution in [-0.4, -0.2) is 41.1 Å². The van der Waals surface area contributed by atoms with E-state index >= 15 is 0 Å². The Morgan fingerprint density at radius 3 is 2.94 bits per heavy atom. The largest absolute Gasteiger partial charge is 0.481 e. The molecule has 1 N–H and O–H groups in total. The first-order valence-corrected chi connectivity index (χ1v) is 5.07. The molecule has 90 valence electrons. The first kappa shape index (κ1) is 11.2. The molecular formula is C9H12N6O2. The van der Waals surface area contributed by atoms with Gasteiger partial charge in [0.2, 0.25) is 5.82 Å². The normalized spacial score (nSPS) is 12.6. The van der Waals surface area contributed by atoms with Crippen LogP contribution < -0.4 is 0 Å². The van der Waals surface area contributed by atoms with Crippen LogP contribution in [0.1, 0.15) is 19.4 Å². The number of nitrogens with zero attached hydrogens (tertiary/aromatic N) is 6. The maximum Gasteiger partial charge on any atom is 0.305 e. The van der Waals surface area contributed by atoms with Gasteiger partial charge in [0.25, 0.3) is 0 Å². The van der Waals surface area contributed by atoms with Gasteiger partial charge in [-0.25, -0.2) is 4.68 Å². The average molecular weight is 236 g/mol. The molecular weight excluding hydrogens is 224 g/mol. The predicted molar refractivity (Wildman–Crippen MR) is 57.0 cm³/mol. The van der Waals surface area contributed by atoms with Crippen molar-refractivity contribution >= 4 is 5.97 Å². The Labute approximate surface area is 96.9 Å². The van der Waals surface area contributed by atoms with Crippen molar-refractivity contribution in [2.24, 2.45) is 7.05 Å². The maximum absolute atomic E-state index is 10.7. The number of carboxylic acid groups (broad SMARTS) is 1. The quantitative estimate of drug-likeness (QED) is 0.808. The zero-order chi connectivity index (χ0) is 12.4. The molecule has 0 amide bonds. The molecule has 0 bridgehead atoms. The van der Waals surface area contributed by atoms with Gasteiger partial charge in [-0.1, -0.05) is 0 Å². The molecule has 0 saturated heterocycles. The van der Waals surface area contributed by atoms with Gasteiger partial charge in [-0.05, 0) is 23.4 Å². The molecule has 2 heterocycles. The fourth-order valence-electron chi connectivity index (χ4n) is 1.59. The van der Waals surface area contributed by atoms with Crippen LogP contribution in [-0.2, 0) is 11.8 Å². The Morgan fingerprint density at radius 2 is 2.35 bits per heavy atom. The van der Waals surface area contributed by atoms with Crippen molar-refractivity contribution in [2.75, 3.05) is 0 Å². The number of rotatable bonds is 4. The Balaban J connectivity index is 2.35. The molecule has 0 saturated carbocycles. The van der Waals surface area contributed by atoms with E-state index in [2.05, 4.69) is 20.6 Å². The van der Waals surface area contributed by atoms with Gasteiger partial charge in [-0.15, -0.1) is 5.10 Å². The summed E-state index contributed by atoms with van der Waals surface area (Å²) in [6.07, 6.45) is 1.60. The molecule has 8 nitrogen and oxygen atoms in total. The van der Waals surface area contributed by atoms with E-state index in [1.54, 1.807) is 30.9 Å². The molecule has 0 aliphatic rings. The molecule has 0 spiro atoms. The van der Waals surface area contributed by atoms with Crippen molar-refractivity contribution in [1.29, 1.82) is 0 Å². The fourth-order valence-corrected chi connectivity index (χ4v) is 1.59. The summed E-state index contributed by atoms with van der Waals surface area (Å²) in [4.78, 5) is 10.7. The zero-order valence-corrected chi connectivity index (χ0v) is 9.48. The molecule has 1 atom stereocenters. The Morgan fingerprint density at radius 1 is 1.59 bits per heavy atom. The second kappa shape index (κ2) is 4.32. The monoisotopic (exact) mass is 236 g/mol. The molecule has 2 aromatic rings. The zero-order valence-electron chi connectivity index (χ0n) is 9.48. The Kier molecular flexibility index (Phi) is 2.86. The summed E-state index contributed by atoms with van der Waals surface area (Å²) >= 11 is 0. The van der Waals surface area contributed by atoms with E-state index in [4.69, 9.17) is 5.11 Å². The van der Waals surface area contributed by atoms with Crippen molar-refractivity contribution in [1.82, 2.24) is 30.0 Å². The summed E-state index contributed by atoms with van der Waals surface area (Å²) in [7, 11) is 1.77. The lowest BCUT2D eigenvalue weighted by Gasteiger charge is -2.10. The van der Waals surface area contributed by atoms with Gasteiger partial charge in [-0.3, -0.25) is 9.48 Å². The van der Waals surface area contributed by atoms with E-state index in [1.165, 1.54) is 4.68 Å². The van der Waals surface area contributed by atoms with Gasteiger partial charge in [0.15, 0.2) is 0 Å². The lowest BCUT2D eigenvalue weighted by Crippen LogP contribution is -2.14. The SMILES string of the molecule is CC(CC(=O)O)n1nnnc1-c1ccnn1C. The second-order valence-electron chi connectivity index (χ2n) is 3.73. The minimum atomic E-state index is -0.885. The summed E-state index contributed by atoms with van der Waals surface area (Å²) < 4.78 is 3.13. The third-order valence-electron chi connectivity index (χ3n) is 2.43. The van der Waals surface area contributed by atoms with Crippen molar-refractivity contribution in [3.8, 4) is 11.5 Å². The van der Waals surface area contributed by atoms with Gasteiger partial charge in [0.1, 0.15) is 5.69 Å². The van der Waals surface area contributed by atoms with Crippen molar-refractivity contribution in [3.63, 3.8) is 0 Å². The van der Waals surface area contributed by atoms with Crippen LogP contribution in [0.4, 0.5) is 0 Å². The molecule has 17 heavy (non-hydrogen) atoms. The van der Waals surface area contributed by atoms with Crippen LogP contribution in [0.25, 0.3) is 11.5 Å². The highest BCUT2D eigenvalue weighted by Gasteiger charge is 2.18. The topological polar surface area (TPSA) is 98.7 Å². The fraction of sp³-hybridized carbons (Fsp3) is 0.444. The van der Waals surface area contributed by atoms with Crippen molar-refractivity contribution in [2.45, 2.75) is 19.4 Å². The number of tetrazole rings is 1. The highest BCUT2D eigenvalue weighted by molar-refractivity contribution is 5.67. The van der Waals surface area contributed by atoms with Crippen LogP contribution in [0.5, 0.6) is 0 Å².